The average Bonchev–Trinajstić information content (AvgIpc) is 3.17. The number of benzene rings is 1. The van der Waals surface area contributed by atoms with Crippen molar-refractivity contribution in [2.24, 2.45) is 0 Å². The van der Waals surface area contributed by atoms with Crippen molar-refractivity contribution in [1.29, 1.82) is 0 Å². The summed E-state index contributed by atoms with van der Waals surface area (Å²) >= 11 is 1.93. The van der Waals surface area contributed by atoms with E-state index in [4.69, 9.17) is 9.47 Å². The molecule has 4 heterocycles. The van der Waals surface area contributed by atoms with Gasteiger partial charge in [0.2, 0.25) is 0 Å². The van der Waals surface area contributed by atoms with Crippen LogP contribution < -0.4 is 14.5 Å². The van der Waals surface area contributed by atoms with Gasteiger partial charge in [-0.1, -0.05) is 0 Å². The van der Waals surface area contributed by atoms with Crippen molar-refractivity contribution in [3.8, 4) is 5.75 Å². The fraction of sp³-hybridized carbons (Fsp3) is 0.600. The highest BCUT2D eigenvalue weighted by molar-refractivity contribution is 7.99. The molecule has 3 saturated heterocycles. The summed E-state index contributed by atoms with van der Waals surface area (Å²) in [5.41, 5.74) is 0.955. The fourth-order valence-corrected chi connectivity index (χ4v) is 6.20. The summed E-state index contributed by atoms with van der Waals surface area (Å²) in [6.07, 6.45) is 1.63. The Morgan fingerprint density at radius 1 is 1.28 bits per heavy atom. The van der Waals surface area contributed by atoms with Gasteiger partial charge in [-0.2, -0.15) is 11.8 Å². The zero-order valence-electron chi connectivity index (χ0n) is 16.1. The van der Waals surface area contributed by atoms with Gasteiger partial charge in [0.25, 0.3) is 0 Å². The molecule has 2 bridgehead atoms. The van der Waals surface area contributed by atoms with Gasteiger partial charge in [0.1, 0.15) is 30.3 Å². The molecule has 0 aromatic heterocycles. The molecule has 29 heavy (non-hydrogen) atoms. The summed E-state index contributed by atoms with van der Waals surface area (Å²) < 4.78 is 31.2. The van der Waals surface area contributed by atoms with Gasteiger partial charge in [-0.25, -0.2) is 9.18 Å². The van der Waals surface area contributed by atoms with E-state index in [2.05, 4.69) is 9.64 Å². The maximum Gasteiger partial charge on any atom is 0.415 e. The average molecular weight is 422 g/mol. The van der Waals surface area contributed by atoms with Crippen molar-refractivity contribution >= 4 is 35.2 Å². The molecule has 0 saturated carbocycles. The van der Waals surface area contributed by atoms with Crippen molar-refractivity contribution in [3.05, 3.63) is 17.9 Å². The van der Waals surface area contributed by atoms with Gasteiger partial charge in [-0.05, 0) is 19.3 Å². The van der Waals surface area contributed by atoms with E-state index in [1.807, 2.05) is 11.8 Å². The summed E-state index contributed by atoms with van der Waals surface area (Å²) in [4.78, 5) is 27.6. The number of amides is 1. The summed E-state index contributed by atoms with van der Waals surface area (Å²) in [6.45, 7) is 0.248. The Labute approximate surface area is 172 Å². The van der Waals surface area contributed by atoms with Gasteiger partial charge in [0.15, 0.2) is 0 Å². The van der Waals surface area contributed by atoms with E-state index in [9.17, 15) is 9.59 Å². The first-order valence-corrected chi connectivity index (χ1v) is 11.1. The molecule has 0 N–H and O–H groups in total. The van der Waals surface area contributed by atoms with Crippen LogP contribution in [0.2, 0.25) is 0 Å². The van der Waals surface area contributed by atoms with Crippen LogP contribution in [0.15, 0.2) is 12.1 Å². The molecule has 9 heteroatoms. The third-order valence-electron chi connectivity index (χ3n) is 6.29. The van der Waals surface area contributed by atoms with Crippen molar-refractivity contribution in [2.45, 2.75) is 49.9 Å². The Balaban J connectivity index is 1.41. The van der Waals surface area contributed by atoms with Gasteiger partial charge in [0.05, 0.1) is 18.5 Å². The normalized spacial score (nSPS) is 29.8. The predicted molar refractivity (Wildman–Crippen MR) is 106 cm³/mol. The Morgan fingerprint density at radius 2 is 2.03 bits per heavy atom. The molecule has 4 aliphatic rings. The quantitative estimate of drug-likeness (QED) is 0.691. The fourth-order valence-electron chi connectivity index (χ4n) is 4.87. The van der Waals surface area contributed by atoms with Gasteiger partial charge in [0, 0.05) is 42.1 Å². The van der Waals surface area contributed by atoms with Crippen LogP contribution in [-0.4, -0.2) is 61.5 Å². The van der Waals surface area contributed by atoms with Gasteiger partial charge < -0.3 is 19.1 Å². The zero-order chi connectivity index (χ0) is 20.1. The number of fused-ring (bicyclic) bond motifs is 5. The highest BCUT2D eigenvalue weighted by Crippen LogP contribution is 2.46. The summed E-state index contributed by atoms with van der Waals surface area (Å²) in [7, 11) is 1.32. The lowest BCUT2D eigenvalue weighted by molar-refractivity contribution is -0.141. The van der Waals surface area contributed by atoms with Crippen LogP contribution >= 0.6 is 11.8 Å². The number of thioether (sulfide) groups is 1. The minimum absolute atomic E-state index is 0.148. The summed E-state index contributed by atoms with van der Waals surface area (Å²) in [6, 6.07) is 3.44. The van der Waals surface area contributed by atoms with E-state index in [0.717, 1.165) is 24.3 Å². The smallest absolute Gasteiger partial charge is 0.415 e. The van der Waals surface area contributed by atoms with E-state index in [1.165, 1.54) is 18.1 Å². The minimum atomic E-state index is -0.531. The molecule has 156 valence electrons. The maximum absolute atomic E-state index is 15.2. The number of carbonyl (C=O) groups excluding carboxylic acids is 2. The van der Waals surface area contributed by atoms with E-state index in [0.29, 0.717) is 35.6 Å². The van der Waals surface area contributed by atoms with E-state index >= 15 is 4.39 Å². The third-order valence-corrected chi connectivity index (χ3v) is 7.53. The second-order valence-corrected chi connectivity index (χ2v) is 8.96. The lowest BCUT2D eigenvalue weighted by atomic mass is 10.0. The zero-order valence-corrected chi connectivity index (χ0v) is 17.0. The van der Waals surface area contributed by atoms with Crippen molar-refractivity contribution in [1.82, 2.24) is 0 Å². The number of hydrogen-bond donors (Lipinski definition) is 0. The second kappa shape index (κ2) is 7.27. The van der Waals surface area contributed by atoms with E-state index in [-0.39, 0.29) is 30.9 Å². The molecule has 1 aromatic carbocycles. The van der Waals surface area contributed by atoms with Gasteiger partial charge in [-0.3, -0.25) is 9.69 Å². The number of hydrogen-bond acceptors (Lipinski definition) is 7. The molecule has 3 fully saturated rings. The highest BCUT2D eigenvalue weighted by atomic mass is 32.2. The number of ether oxygens (including phenoxy) is 3. The standard InChI is InChI=1S/C20H23FN2O5S/c1-26-19(24)5-4-17-16-8-27-18-7-14(22-11-2-3-12(22)10-29-9-11)13(21)6-15(18)23(16)20(25)28-17/h6-7,11-12,16-17H,2-5,8-10H2,1H3/t11?,12?,16-,17-/m0/s1. The first kappa shape index (κ1) is 18.8. The van der Waals surface area contributed by atoms with Crippen LogP contribution in [0.3, 0.4) is 0 Å². The largest absolute Gasteiger partial charge is 0.489 e. The van der Waals surface area contributed by atoms with E-state index in [1.54, 1.807) is 6.07 Å². The number of anilines is 2. The number of rotatable bonds is 4. The molecule has 0 radical (unpaired) electrons. The Morgan fingerprint density at radius 3 is 2.76 bits per heavy atom. The molecule has 4 atom stereocenters. The number of nitrogens with zero attached hydrogens (tertiary/aromatic N) is 2. The monoisotopic (exact) mass is 422 g/mol. The van der Waals surface area contributed by atoms with Crippen LogP contribution in [0.4, 0.5) is 20.6 Å². The lowest BCUT2D eigenvalue weighted by Gasteiger charge is -2.38. The second-order valence-electron chi connectivity index (χ2n) is 7.89. The van der Waals surface area contributed by atoms with Crippen molar-refractivity contribution in [2.75, 3.05) is 35.0 Å². The molecular formula is C20H23FN2O5S. The van der Waals surface area contributed by atoms with Crippen LogP contribution in [0.1, 0.15) is 25.7 Å². The number of esters is 1. The molecule has 1 amide bonds. The van der Waals surface area contributed by atoms with Crippen LogP contribution in [0.5, 0.6) is 5.75 Å². The molecular weight excluding hydrogens is 399 g/mol. The van der Waals surface area contributed by atoms with Gasteiger partial charge in [-0.15, -0.1) is 0 Å². The number of carbonyl (C=O) groups is 2. The van der Waals surface area contributed by atoms with Crippen LogP contribution in [-0.2, 0) is 14.3 Å². The summed E-state index contributed by atoms with van der Waals surface area (Å²) in [5.74, 6) is 1.82. The van der Waals surface area contributed by atoms with Crippen LogP contribution in [0.25, 0.3) is 0 Å². The molecule has 1 aromatic rings. The minimum Gasteiger partial charge on any atom is -0.489 e. The Bertz CT molecular complexity index is 836. The molecule has 7 nitrogen and oxygen atoms in total. The first-order valence-electron chi connectivity index (χ1n) is 9.96. The first-order chi connectivity index (χ1) is 14.1. The Hall–Kier alpha value is -2.16. The SMILES string of the molecule is COC(=O)CC[C@@H]1OC(=O)N2c3cc(F)c(N4C5CCC4CSC5)cc3OC[C@@H]12. The van der Waals surface area contributed by atoms with Crippen LogP contribution in [0, 0.1) is 5.82 Å². The van der Waals surface area contributed by atoms with E-state index < -0.39 is 12.2 Å². The summed E-state index contributed by atoms with van der Waals surface area (Å²) in [5, 5.41) is 0. The maximum atomic E-state index is 15.2. The number of halogens is 1. The third kappa shape index (κ3) is 3.10. The highest BCUT2D eigenvalue weighted by Gasteiger charge is 2.47. The topological polar surface area (TPSA) is 68.3 Å². The predicted octanol–water partition coefficient (Wildman–Crippen LogP) is 2.95. The Kier molecular flexibility index (Phi) is 4.72. The number of cyclic esters (lactones) is 1. The lowest BCUT2D eigenvalue weighted by Crippen LogP contribution is -2.45. The number of methoxy groups -OCH3 is 1. The van der Waals surface area contributed by atoms with Crippen molar-refractivity contribution < 1.29 is 28.2 Å². The van der Waals surface area contributed by atoms with Gasteiger partial charge >= 0.3 is 12.1 Å². The molecule has 2 unspecified atom stereocenters. The molecule has 4 aliphatic heterocycles. The van der Waals surface area contributed by atoms with Crippen molar-refractivity contribution in [3.63, 3.8) is 0 Å². The molecule has 5 rings (SSSR count). The molecule has 0 spiro atoms. The molecule has 0 aliphatic carbocycles.